The van der Waals surface area contributed by atoms with Crippen LogP contribution < -0.4 is 5.73 Å². The van der Waals surface area contributed by atoms with Gasteiger partial charge in [0, 0.05) is 5.38 Å². The molecule has 0 aliphatic rings. The zero-order valence-electron chi connectivity index (χ0n) is 8.44. The summed E-state index contributed by atoms with van der Waals surface area (Å²) in [6.45, 7) is 4.01. The maximum absolute atomic E-state index is 5.98. The van der Waals surface area contributed by atoms with Crippen molar-refractivity contribution in [2.24, 2.45) is 0 Å². The number of nitrogen functional groups attached to an aromatic ring is 1. The zero-order valence-corrected chi connectivity index (χ0v) is 11.4. The van der Waals surface area contributed by atoms with E-state index in [0.717, 1.165) is 15.0 Å². The Labute approximate surface area is 106 Å². The average molecular weight is 334 g/mol. The molecule has 0 spiro atoms. The van der Waals surface area contributed by atoms with Gasteiger partial charge in [-0.2, -0.15) is 5.10 Å². The Morgan fingerprint density at radius 3 is 2.80 bits per heavy atom. The number of aryl methyl sites for hydroxylation is 1. The third-order valence-electron chi connectivity index (χ3n) is 2.29. The highest BCUT2D eigenvalue weighted by Gasteiger charge is 2.17. The molecule has 2 aromatic rings. The smallest absolute Gasteiger partial charge is 0.136 e. The molecule has 4 nitrogen and oxygen atoms in total. The number of hydrogen-bond donors (Lipinski definition) is 1. The van der Waals surface area contributed by atoms with E-state index >= 15 is 0 Å². The standard InChI is InChI=1S/C9H11IN4S/c1-5-8(10)9(11)14(13-5)6(2)7-3-15-4-12-7/h3-4,6H,11H2,1-2H3. The monoisotopic (exact) mass is 334 g/mol. The molecule has 0 fully saturated rings. The van der Waals surface area contributed by atoms with E-state index in [1.54, 1.807) is 11.3 Å². The van der Waals surface area contributed by atoms with Crippen molar-refractivity contribution in [2.75, 3.05) is 5.73 Å². The first-order valence-electron chi connectivity index (χ1n) is 4.49. The summed E-state index contributed by atoms with van der Waals surface area (Å²) >= 11 is 3.80. The SMILES string of the molecule is Cc1nn(C(C)c2cscn2)c(N)c1I. The van der Waals surface area contributed by atoms with Crippen molar-refractivity contribution in [2.45, 2.75) is 19.9 Å². The molecule has 2 aromatic heterocycles. The summed E-state index contributed by atoms with van der Waals surface area (Å²) in [5.74, 6) is 0.716. The quantitative estimate of drug-likeness (QED) is 0.859. The lowest BCUT2D eigenvalue weighted by Crippen LogP contribution is -2.12. The molecule has 15 heavy (non-hydrogen) atoms. The Morgan fingerprint density at radius 1 is 1.60 bits per heavy atom. The van der Waals surface area contributed by atoms with Gasteiger partial charge < -0.3 is 5.73 Å². The molecule has 0 aromatic carbocycles. The van der Waals surface area contributed by atoms with E-state index in [4.69, 9.17) is 5.73 Å². The van der Waals surface area contributed by atoms with E-state index in [-0.39, 0.29) is 6.04 Å². The summed E-state index contributed by atoms with van der Waals surface area (Å²) < 4.78 is 2.85. The van der Waals surface area contributed by atoms with Crippen LogP contribution in [0.5, 0.6) is 0 Å². The number of halogens is 1. The fraction of sp³-hybridized carbons (Fsp3) is 0.333. The van der Waals surface area contributed by atoms with Crippen LogP contribution in [0.2, 0.25) is 0 Å². The Balaban J connectivity index is 2.42. The zero-order chi connectivity index (χ0) is 11.0. The van der Waals surface area contributed by atoms with Gasteiger partial charge in [-0.1, -0.05) is 0 Å². The van der Waals surface area contributed by atoms with E-state index in [9.17, 15) is 0 Å². The molecular weight excluding hydrogens is 323 g/mol. The summed E-state index contributed by atoms with van der Waals surface area (Å²) in [5.41, 5.74) is 9.77. The van der Waals surface area contributed by atoms with Crippen LogP contribution in [0.15, 0.2) is 10.9 Å². The van der Waals surface area contributed by atoms with E-state index in [1.807, 2.05) is 29.4 Å². The molecule has 2 N–H and O–H groups in total. The molecule has 0 bridgehead atoms. The van der Waals surface area contributed by atoms with Gasteiger partial charge in [0.05, 0.1) is 26.5 Å². The third kappa shape index (κ3) is 1.87. The first-order chi connectivity index (χ1) is 7.11. The highest BCUT2D eigenvalue weighted by Crippen LogP contribution is 2.25. The molecule has 0 amide bonds. The fourth-order valence-corrected chi connectivity index (χ4v) is 2.39. The molecule has 2 rings (SSSR count). The largest absolute Gasteiger partial charge is 0.383 e. The summed E-state index contributed by atoms with van der Waals surface area (Å²) in [4.78, 5) is 4.27. The third-order valence-corrected chi connectivity index (χ3v) is 4.23. The minimum absolute atomic E-state index is 0.0958. The van der Waals surface area contributed by atoms with Gasteiger partial charge in [0.1, 0.15) is 5.82 Å². The second-order valence-electron chi connectivity index (χ2n) is 3.32. The topological polar surface area (TPSA) is 56.7 Å². The second-order valence-corrected chi connectivity index (χ2v) is 5.12. The van der Waals surface area contributed by atoms with Gasteiger partial charge in [-0.05, 0) is 36.4 Å². The maximum Gasteiger partial charge on any atom is 0.136 e. The molecule has 6 heteroatoms. The Hall–Kier alpha value is -0.630. The lowest BCUT2D eigenvalue weighted by atomic mass is 10.3. The van der Waals surface area contributed by atoms with Crippen molar-refractivity contribution in [1.29, 1.82) is 0 Å². The molecule has 1 unspecified atom stereocenters. The Kier molecular flexibility index (Phi) is 2.96. The Bertz CT molecular complexity index is 463. The van der Waals surface area contributed by atoms with E-state index in [2.05, 4.69) is 32.7 Å². The number of rotatable bonds is 2. The molecule has 0 saturated carbocycles. The minimum Gasteiger partial charge on any atom is -0.383 e. The molecule has 1 atom stereocenters. The number of hydrogen-bond acceptors (Lipinski definition) is 4. The minimum atomic E-state index is 0.0958. The lowest BCUT2D eigenvalue weighted by molar-refractivity contribution is 0.558. The number of nitrogens with zero attached hydrogens (tertiary/aromatic N) is 3. The number of thiazole rings is 1. The molecule has 0 aliphatic heterocycles. The van der Waals surface area contributed by atoms with Crippen molar-refractivity contribution in [3.05, 3.63) is 25.8 Å². The lowest BCUT2D eigenvalue weighted by Gasteiger charge is -2.11. The van der Waals surface area contributed by atoms with Gasteiger partial charge in [-0.15, -0.1) is 11.3 Å². The van der Waals surface area contributed by atoms with Crippen molar-refractivity contribution < 1.29 is 0 Å². The molecular formula is C9H11IN4S. The van der Waals surface area contributed by atoms with Gasteiger partial charge in [0.15, 0.2) is 0 Å². The summed E-state index contributed by atoms with van der Waals surface area (Å²) in [6.07, 6.45) is 0. The van der Waals surface area contributed by atoms with Gasteiger partial charge in [0.2, 0.25) is 0 Å². The first kappa shape index (κ1) is 10.9. The Morgan fingerprint density at radius 2 is 2.33 bits per heavy atom. The normalized spacial score (nSPS) is 13.0. The summed E-state index contributed by atoms with van der Waals surface area (Å²) in [5, 5.41) is 6.44. The van der Waals surface area contributed by atoms with Crippen LogP contribution >= 0.6 is 33.9 Å². The van der Waals surface area contributed by atoms with Crippen molar-refractivity contribution >= 4 is 39.7 Å². The predicted molar refractivity (Wildman–Crippen MR) is 70.0 cm³/mol. The maximum atomic E-state index is 5.98. The van der Waals surface area contributed by atoms with Crippen LogP contribution in [-0.4, -0.2) is 14.8 Å². The van der Waals surface area contributed by atoms with Gasteiger partial charge in [-0.25, -0.2) is 9.67 Å². The van der Waals surface area contributed by atoms with Crippen molar-refractivity contribution in [3.63, 3.8) is 0 Å². The molecule has 0 radical (unpaired) electrons. The van der Waals surface area contributed by atoms with Crippen molar-refractivity contribution in [3.8, 4) is 0 Å². The highest BCUT2D eigenvalue weighted by molar-refractivity contribution is 14.1. The first-order valence-corrected chi connectivity index (χ1v) is 6.51. The van der Waals surface area contributed by atoms with Crippen LogP contribution in [0.3, 0.4) is 0 Å². The van der Waals surface area contributed by atoms with Crippen LogP contribution in [-0.2, 0) is 0 Å². The predicted octanol–water partition coefficient (Wildman–Crippen LogP) is 2.44. The highest BCUT2D eigenvalue weighted by atomic mass is 127. The van der Waals surface area contributed by atoms with E-state index < -0.39 is 0 Å². The van der Waals surface area contributed by atoms with Crippen LogP contribution in [0.25, 0.3) is 0 Å². The summed E-state index contributed by atoms with van der Waals surface area (Å²) in [6, 6.07) is 0.0958. The van der Waals surface area contributed by atoms with Crippen LogP contribution in [0.4, 0.5) is 5.82 Å². The molecule has 80 valence electrons. The summed E-state index contributed by atoms with van der Waals surface area (Å²) in [7, 11) is 0. The molecule has 0 saturated heterocycles. The molecule has 0 aliphatic carbocycles. The fourth-order valence-electron chi connectivity index (χ4n) is 1.39. The number of nitrogens with two attached hydrogens (primary N) is 1. The van der Waals surface area contributed by atoms with Crippen LogP contribution in [0, 0.1) is 10.5 Å². The van der Waals surface area contributed by atoms with E-state index in [1.165, 1.54) is 0 Å². The number of aromatic nitrogens is 3. The van der Waals surface area contributed by atoms with Gasteiger partial charge in [-0.3, -0.25) is 0 Å². The van der Waals surface area contributed by atoms with E-state index in [0.29, 0.717) is 5.82 Å². The molecule has 2 heterocycles. The van der Waals surface area contributed by atoms with Gasteiger partial charge in [0.25, 0.3) is 0 Å². The average Bonchev–Trinajstić information content (AvgIpc) is 2.82. The van der Waals surface area contributed by atoms with Gasteiger partial charge >= 0.3 is 0 Å². The second kappa shape index (κ2) is 4.09. The van der Waals surface area contributed by atoms with Crippen LogP contribution in [0.1, 0.15) is 24.4 Å². The van der Waals surface area contributed by atoms with Crippen molar-refractivity contribution in [1.82, 2.24) is 14.8 Å². The number of anilines is 1.